The smallest absolute Gasteiger partial charge is 0.129 e. The predicted octanol–water partition coefficient (Wildman–Crippen LogP) is 2.21. The molecule has 0 aromatic carbocycles. The minimum Gasteiger partial charge on any atom is -0.395 e. The highest BCUT2D eigenvalue weighted by Gasteiger charge is 2.17. The quantitative estimate of drug-likeness (QED) is 0.799. The Hall–Kier alpha value is -0.840. The SMILES string of the molecule is CCC(CC)N(CCO)c1cc(CO)c(Cl)cn1. The van der Waals surface area contributed by atoms with E-state index in [1.165, 1.54) is 0 Å². The Morgan fingerprint density at radius 1 is 1.33 bits per heavy atom. The Morgan fingerprint density at radius 3 is 2.50 bits per heavy atom. The molecule has 18 heavy (non-hydrogen) atoms. The van der Waals surface area contributed by atoms with Crippen molar-refractivity contribution in [2.24, 2.45) is 0 Å². The monoisotopic (exact) mass is 272 g/mol. The van der Waals surface area contributed by atoms with Gasteiger partial charge in [-0.3, -0.25) is 0 Å². The van der Waals surface area contributed by atoms with Crippen LogP contribution in [0, 0.1) is 0 Å². The van der Waals surface area contributed by atoms with Crippen LogP contribution in [0.2, 0.25) is 5.02 Å². The maximum absolute atomic E-state index is 9.23. The molecule has 0 bridgehead atoms. The van der Waals surface area contributed by atoms with Gasteiger partial charge in [0.1, 0.15) is 5.82 Å². The molecule has 0 saturated carbocycles. The third-order valence-corrected chi connectivity index (χ3v) is 3.45. The number of halogens is 1. The summed E-state index contributed by atoms with van der Waals surface area (Å²) in [7, 11) is 0. The molecular weight excluding hydrogens is 252 g/mol. The van der Waals surface area contributed by atoms with E-state index < -0.39 is 0 Å². The molecule has 0 atom stereocenters. The number of aliphatic hydroxyl groups is 2. The molecule has 1 rings (SSSR count). The van der Waals surface area contributed by atoms with Crippen molar-refractivity contribution in [3.05, 3.63) is 22.8 Å². The molecule has 0 fully saturated rings. The second kappa shape index (κ2) is 7.56. The molecule has 5 heteroatoms. The first-order valence-corrected chi connectivity index (χ1v) is 6.68. The van der Waals surface area contributed by atoms with Crippen LogP contribution in [0.4, 0.5) is 5.82 Å². The van der Waals surface area contributed by atoms with Gasteiger partial charge in [-0.2, -0.15) is 0 Å². The number of aliphatic hydroxyl groups excluding tert-OH is 2. The molecule has 0 spiro atoms. The molecule has 0 aliphatic carbocycles. The largest absolute Gasteiger partial charge is 0.395 e. The fraction of sp³-hybridized carbons (Fsp3) is 0.615. The number of rotatable bonds is 7. The van der Waals surface area contributed by atoms with Crippen LogP contribution in [0.15, 0.2) is 12.3 Å². The first-order valence-electron chi connectivity index (χ1n) is 6.30. The molecule has 0 saturated heterocycles. The Morgan fingerprint density at radius 2 is 2.00 bits per heavy atom. The van der Waals surface area contributed by atoms with Gasteiger partial charge in [-0.1, -0.05) is 25.4 Å². The van der Waals surface area contributed by atoms with Crippen molar-refractivity contribution in [1.29, 1.82) is 0 Å². The van der Waals surface area contributed by atoms with Gasteiger partial charge in [-0.25, -0.2) is 4.98 Å². The molecule has 0 unspecified atom stereocenters. The van der Waals surface area contributed by atoms with Crippen LogP contribution in [0.25, 0.3) is 0 Å². The molecule has 1 heterocycles. The third-order valence-electron chi connectivity index (χ3n) is 3.11. The molecule has 0 amide bonds. The van der Waals surface area contributed by atoms with Crippen LogP contribution in [-0.4, -0.2) is 34.4 Å². The fourth-order valence-electron chi connectivity index (χ4n) is 2.07. The Labute approximate surface area is 113 Å². The van der Waals surface area contributed by atoms with E-state index >= 15 is 0 Å². The lowest BCUT2D eigenvalue weighted by Gasteiger charge is -2.31. The van der Waals surface area contributed by atoms with Gasteiger partial charge in [-0.15, -0.1) is 0 Å². The molecule has 0 aliphatic heterocycles. The maximum Gasteiger partial charge on any atom is 0.129 e. The minimum absolute atomic E-state index is 0.0786. The molecule has 102 valence electrons. The summed E-state index contributed by atoms with van der Waals surface area (Å²) in [5, 5.41) is 18.9. The highest BCUT2D eigenvalue weighted by molar-refractivity contribution is 6.31. The van der Waals surface area contributed by atoms with Gasteiger partial charge in [0.15, 0.2) is 0 Å². The summed E-state index contributed by atoms with van der Waals surface area (Å²) in [4.78, 5) is 6.36. The average Bonchev–Trinajstić information content (AvgIpc) is 2.40. The van der Waals surface area contributed by atoms with Crippen LogP contribution >= 0.6 is 11.6 Å². The van der Waals surface area contributed by atoms with Crippen molar-refractivity contribution in [2.75, 3.05) is 18.1 Å². The van der Waals surface area contributed by atoms with Gasteiger partial charge in [-0.05, 0) is 18.9 Å². The van der Waals surface area contributed by atoms with Gasteiger partial charge >= 0.3 is 0 Å². The fourth-order valence-corrected chi connectivity index (χ4v) is 2.23. The summed E-state index contributed by atoms with van der Waals surface area (Å²) in [6, 6.07) is 2.12. The van der Waals surface area contributed by atoms with Crippen molar-refractivity contribution in [3.63, 3.8) is 0 Å². The van der Waals surface area contributed by atoms with Crippen molar-refractivity contribution < 1.29 is 10.2 Å². The van der Waals surface area contributed by atoms with Crippen LogP contribution in [0.1, 0.15) is 32.3 Å². The first kappa shape index (κ1) is 15.2. The van der Waals surface area contributed by atoms with E-state index in [2.05, 4.69) is 23.7 Å². The zero-order valence-corrected chi connectivity index (χ0v) is 11.7. The standard InChI is InChI=1S/C13H21ClN2O2/c1-3-11(4-2)16(5-6-17)13-7-10(9-18)12(14)8-15-13/h7-8,11,17-18H,3-6,9H2,1-2H3. The van der Waals surface area contributed by atoms with E-state index in [0.717, 1.165) is 18.7 Å². The van der Waals surface area contributed by atoms with E-state index in [9.17, 15) is 10.2 Å². The van der Waals surface area contributed by atoms with Gasteiger partial charge in [0.2, 0.25) is 0 Å². The van der Waals surface area contributed by atoms with E-state index in [-0.39, 0.29) is 13.2 Å². The maximum atomic E-state index is 9.23. The number of aromatic nitrogens is 1. The molecule has 1 aromatic rings. The number of hydrogen-bond acceptors (Lipinski definition) is 4. The van der Waals surface area contributed by atoms with Crippen molar-refractivity contribution in [1.82, 2.24) is 4.98 Å². The average molecular weight is 273 g/mol. The van der Waals surface area contributed by atoms with Crippen LogP contribution in [-0.2, 0) is 6.61 Å². The molecule has 4 nitrogen and oxygen atoms in total. The summed E-state index contributed by atoms with van der Waals surface area (Å²) in [6.07, 6.45) is 3.51. The summed E-state index contributed by atoms with van der Waals surface area (Å²) in [6.45, 7) is 4.73. The second-order valence-electron chi connectivity index (χ2n) is 4.18. The lowest BCUT2D eigenvalue weighted by Crippen LogP contribution is -2.37. The summed E-state index contributed by atoms with van der Waals surface area (Å²) >= 11 is 5.94. The van der Waals surface area contributed by atoms with Crippen LogP contribution in [0.3, 0.4) is 0 Å². The zero-order chi connectivity index (χ0) is 13.5. The number of hydrogen-bond donors (Lipinski definition) is 2. The zero-order valence-electron chi connectivity index (χ0n) is 10.9. The lowest BCUT2D eigenvalue weighted by molar-refractivity contribution is 0.281. The summed E-state index contributed by atoms with van der Waals surface area (Å²) < 4.78 is 0. The van der Waals surface area contributed by atoms with Gasteiger partial charge in [0.25, 0.3) is 0 Å². The van der Waals surface area contributed by atoms with Crippen LogP contribution < -0.4 is 4.90 Å². The van der Waals surface area contributed by atoms with E-state index in [1.54, 1.807) is 12.3 Å². The van der Waals surface area contributed by atoms with E-state index in [0.29, 0.717) is 23.2 Å². The van der Waals surface area contributed by atoms with Gasteiger partial charge in [0, 0.05) is 24.3 Å². The minimum atomic E-state index is -0.107. The number of pyridine rings is 1. The predicted molar refractivity (Wildman–Crippen MR) is 74.0 cm³/mol. The highest BCUT2D eigenvalue weighted by Crippen LogP contribution is 2.23. The third kappa shape index (κ3) is 3.57. The lowest BCUT2D eigenvalue weighted by atomic mass is 10.1. The topological polar surface area (TPSA) is 56.6 Å². The van der Waals surface area contributed by atoms with Gasteiger partial charge in [0.05, 0.1) is 18.2 Å². The van der Waals surface area contributed by atoms with Crippen molar-refractivity contribution in [3.8, 4) is 0 Å². The normalized spacial score (nSPS) is 11.0. The summed E-state index contributed by atoms with van der Waals surface area (Å²) in [5.41, 5.74) is 0.663. The second-order valence-corrected chi connectivity index (χ2v) is 4.59. The highest BCUT2D eigenvalue weighted by atomic mass is 35.5. The van der Waals surface area contributed by atoms with Crippen molar-refractivity contribution in [2.45, 2.75) is 39.3 Å². The van der Waals surface area contributed by atoms with E-state index in [4.69, 9.17) is 11.6 Å². The van der Waals surface area contributed by atoms with E-state index in [1.807, 2.05) is 0 Å². The molecular formula is C13H21ClN2O2. The van der Waals surface area contributed by atoms with Crippen LogP contribution in [0.5, 0.6) is 0 Å². The molecule has 1 aromatic heterocycles. The molecule has 0 aliphatic rings. The van der Waals surface area contributed by atoms with Crippen molar-refractivity contribution >= 4 is 17.4 Å². The Bertz CT molecular complexity index is 370. The first-order chi connectivity index (χ1) is 8.67. The Balaban J connectivity index is 3.04. The molecule has 0 radical (unpaired) electrons. The van der Waals surface area contributed by atoms with Gasteiger partial charge < -0.3 is 15.1 Å². The number of nitrogens with zero attached hydrogens (tertiary/aromatic N) is 2. The molecule has 2 N–H and O–H groups in total. The summed E-state index contributed by atoms with van der Waals surface area (Å²) in [5.74, 6) is 0.756. The number of anilines is 1. The Kier molecular flexibility index (Phi) is 6.39.